The molecule has 0 saturated carbocycles. The lowest BCUT2D eigenvalue weighted by atomic mass is 10.0. The van der Waals surface area contributed by atoms with E-state index in [0.29, 0.717) is 18.2 Å². The van der Waals surface area contributed by atoms with Gasteiger partial charge in [0.25, 0.3) is 0 Å². The van der Waals surface area contributed by atoms with Crippen LogP contribution in [0.15, 0.2) is 60.7 Å². The SMILES string of the molecule is CC[C@H](CO)NCc1c(OCc2ccccc2Cl)ccc2ccccc12. The lowest BCUT2D eigenvalue weighted by Crippen LogP contribution is -2.31. The van der Waals surface area contributed by atoms with Crippen LogP contribution < -0.4 is 10.1 Å². The molecule has 0 fully saturated rings. The second-order valence-corrected chi connectivity index (χ2v) is 6.72. The lowest BCUT2D eigenvalue weighted by molar-refractivity contribution is 0.237. The zero-order chi connectivity index (χ0) is 18.4. The third-order valence-corrected chi connectivity index (χ3v) is 4.99. The number of aliphatic hydroxyl groups excluding tert-OH is 1. The Bertz CT molecular complexity index is 862. The van der Waals surface area contributed by atoms with Crippen molar-refractivity contribution in [3.05, 3.63) is 76.8 Å². The first-order valence-corrected chi connectivity index (χ1v) is 9.31. The predicted octanol–water partition coefficient (Wildman–Crippen LogP) is 4.93. The predicted molar refractivity (Wildman–Crippen MR) is 108 cm³/mol. The summed E-state index contributed by atoms with van der Waals surface area (Å²) in [4.78, 5) is 0. The highest BCUT2D eigenvalue weighted by Gasteiger charge is 2.12. The van der Waals surface area contributed by atoms with Gasteiger partial charge < -0.3 is 15.2 Å². The van der Waals surface area contributed by atoms with Crippen molar-refractivity contribution in [2.45, 2.75) is 32.5 Å². The first-order chi connectivity index (χ1) is 12.7. The molecule has 0 spiro atoms. The molecule has 3 aromatic rings. The monoisotopic (exact) mass is 369 g/mol. The second-order valence-electron chi connectivity index (χ2n) is 6.31. The van der Waals surface area contributed by atoms with E-state index in [2.05, 4.69) is 30.4 Å². The van der Waals surface area contributed by atoms with Crippen LogP contribution in [0.4, 0.5) is 0 Å². The Kier molecular flexibility index (Phi) is 6.51. The molecule has 0 heterocycles. The maximum atomic E-state index is 9.46. The molecule has 0 aliphatic heterocycles. The van der Waals surface area contributed by atoms with Gasteiger partial charge in [-0.25, -0.2) is 0 Å². The molecular formula is C22H24ClNO2. The fourth-order valence-electron chi connectivity index (χ4n) is 2.99. The summed E-state index contributed by atoms with van der Waals surface area (Å²) in [6.45, 7) is 3.24. The van der Waals surface area contributed by atoms with E-state index in [4.69, 9.17) is 16.3 Å². The number of hydrogen-bond acceptors (Lipinski definition) is 3. The molecule has 4 heteroatoms. The van der Waals surface area contributed by atoms with Crippen molar-refractivity contribution in [3.63, 3.8) is 0 Å². The summed E-state index contributed by atoms with van der Waals surface area (Å²) >= 11 is 6.25. The van der Waals surface area contributed by atoms with Gasteiger partial charge in [-0.05, 0) is 29.3 Å². The van der Waals surface area contributed by atoms with E-state index in [1.165, 1.54) is 5.39 Å². The van der Waals surface area contributed by atoms with Gasteiger partial charge in [0.1, 0.15) is 12.4 Å². The minimum Gasteiger partial charge on any atom is -0.488 e. The van der Waals surface area contributed by atoms with Crippen molar-refractivity contribution in [1.29, 1.82) is 0 Å². The van der Waals surface area contributed by atoms with E-state index in [9.17, 15) is 5.11 Å². The number of nitrogens with one attached hydrogen (secondary N) is 1. The van der Waals surface area contributed by atoms with Gasteiger partial charge in [0.2, 0.25) is 0 Å². The highest BCUT2D eigenvalue weighted by molar-refractivity contribution is 6.31. The molecule has 0 aliphatic carbocycles. The normalized spacial score (nSPS) is 12.3. The third-order valence-electron chi connectivity index (χ3n) is 4.62. The Hall–Kier alpha value is -2.07. The number of aliphatic hydroxyl groups is 1. The zero-order valence-corrected chi connectivity index (χ0v) is 15.7. The Balaban J connectivity index is 1.88. The number of rotatable bonds is 8. The summed E-state index contributed by atoms with van der Waals surface area (Å²) < 4.78 is 6.12. The topological polar surface area (TPSA) is 41.5 Å². The Morgan fingerprint density at radius 1 is 1.04 bits per heavy atom. The van der Waals surface area contributed by atoms with Gasteiger partial charge in [-0.15, -0.1) is 0 Å². The van der Waals surface area contributed by atoms with Gasteiger partial charge in [0.05, 0.1) is 6.61 Å². The van der Waals surface area contributed by atoms with Crippen LogP contribution in [0.2, 0.25) is 5.02 Å². The van der Waals surface area contributed by atoms with Gasteiger partial charge in [0.15, 0.2) is 0 Å². The molecule has 0 radical (unpaired) electrons. The molecular weight excluding hydrogens is 346 g/mol. The van der Waals surface area contributed by atoms with Gasteiger partial charge in [-0.3, -0.25) is 0 Å². The van der Waals surface area contributed by atoms with E-state index in [0.717, 1.165) is 28.7 Å². The summed E-state index contributed by atoms with van der Waals surface area (Å²) in [6, 6.07) is 20.1. The average molecular weight is 370 g/mol. The number of halogens is 1. The van der Waals surface area contributed by atoms with Gasteiger partial charge in [-0.2, -0.15) is 0 Å². The van der Waals surface area contributed by atoms with Gasteiger partial charge in [-0.1, -0.05) is 67.1 Å². The molecule has 3 aromatic carbocycles. The second kappa shape index (κ2) is 9.04. The van der Waals surface area contributed by atoms with Gasteiger partial charge >= 0.3 is 0 Å². The standard InChI is InChI=1S/C22H24ClNO2/c1-2-18(14-25)24-13-20-19-9-5-3-7-16(19)11-12-22(20)26-15-17-8-4-6-10-21(17)23/h3-12,18,24-25H,2,13-15H2,1H3/t18-/m1/s1. The average Bonchev–Trinajstić information content (AvgIpc) is 2.68. The summed E-state index contributed by atoms with van der Waals surface area (Å²) in [6.07, 6.45) is 0.872. The molecule has 0 aliphatic rings. The van der Waals surface area contributed by atoms with Crippen molar-refractivity contribution >= 4 is 22.4 Å². The maximum Gasteiger partial charge on any atom is 0.124 e. The molecule has 2 N–H and O–H groups in total. The smallest absolute Gasteiger partial charge is 0.124 e. The summed E-state index contributed by atoms with van der Waals surface area (Å²) in [7, 11) is 0. The van der Waals surface area contributed by atoms with E-state index >= 15 is 0 Å². The molecule has 0 unspecified atom stereocenters. The van der Waals surface area contributed by atoms with Crippen LogP contribution in [0.3, 0.4) is 0 Å². The van der Waals surface area contributed by atoms with E-state index in [1.54, 1.807) is 0 Å². The molecule has 3 nitrogen and oxygen atoms in total. The van der Waals surface area contributed by atoms with Crippen molar-refractivity contribution < 1.29 is 9.84 Å². The molecule has 3 rings (SSSR count). The van der Waals surface area contributed by atoms with Crippen molar-refractivity contribution in [2.75, 3.05) is 6.61 Å². The van der Waals surface area contributed by atoms with E-state index < -0.39 is 0 Å². The Morgan fingerprint density at radius 2 is 1.81 bits per heavy atom. The van der Waals surface area contributed by atoms with E-state index in [1.807, 2.05) is 42.5 Å². The van der Waals surface area contributed by atoms with Crippen LogP contribution in [0.5, 0.6) is 5.75 Å². The Labute approximate surface area is 159 Å². The molecule has 26 heavy (non-hydrogen) atoms. The van der Waals surface area contributed by atoms with Gasteiger partial charge in [0, 0.05) is 28.7 Å². The molecule has 0 aromatic heterocycles. The molecule has 136 valence electrons. The molecule has 0 bridgehead atoms. The van der Waals surface area contributed by atoms with Crippen LogP contribution >= 0.6 is 11.6 Å². The van der Waals surface area contributed by atoms with E-state index in [-0.39, 0.29) is 12.6 Å². The third kappa shape index (κ3) is 4.36. The minimum absolute atomic E-state index is 0.0744. The molecule has 0 amide bonds. The molecule has 1 atom stereocenters. The quantitative estimate of drug-likeness (QED) is 0.591. The highest BCUT2D eigenvalue weighted by Crippen LogP contribution is 2.29. The lowest BCUT2D eigenvalue weighted by Gasteiger charge is -2.18. The van der Waals surface area contributed by atoms with Crippen LogP contribution in [-0.2, 0) is 13.2 Å². The first-order valence-electron chi connectivity index (χ1n) is 8.94. The molecule has 0 saturated heterocycles. The number of ether oxygens (including phenoxy) is 1. The van der Waals surface area contributed by atoms with Crippen LogP contribution in [0.25, 0.3) is 10.8 Å². The van der Waals surface area contributed by atoms with Crippen LogP contribution in [0.1, 0.15) is 24.5 Å². The largest absolute Gasteiger partial charge is 0.488 e. The summed E-state index contributed by atoms with van der Waals surface area (Å²) in [5.41, 5.74) is 2.06. The maximum absolute atomic E-state index is 9.46. The van der Waals surface area contributed by atoms with Crippen molar-refractivity contribution in [1.82, 2.24) is 5.32 Å². The highest BCUT2D eigenvalue weighted by atomic mass is 35.5. The number of benzene rings is 3. The number of fused-ring (bicyclic) bond motifs is 1. The summed E-state index contributed by atoms with van der Waals surface area (Å²) in [5, 5.41) is 15.9. The Morgan fingerprint density at radius 3 is 2.58 bits per heavy atom. The van der Waals surface area contributed by atoms with Crippen LogP contribution in [0, 0.1) is 0 Å². The van der Waals surface area contributed by atoms with Crippen LogP contribution in [-0.4, -0.2) is 17.8 Å². The number of hydrogen-bond donors (Lipinski definition) is 2. The fraction of sp³-hybridized carbons (Fsp3) is 0.273. The summed E-state index contributed by atoms with van der Waals surface area (Å²) in [5.74, 6) is 0.837. The fourth-order valence-corrected chi connectivity index (χ4v) is 3.18. The van der Waals surface area contributed by atoms with Crippen molar-refractivity contribution in [3.8, 4) is 5.75 Å². The van der Waals surface area contributed by atoms with Crippen molar-refractivity contribution in [2.24, 2.45) is 0 Å². The zero-order valence-electron chi connectivity index (χ0n) is 14.9. The first kappa shape index (κ1) is 18.7. The minimum atomic E-state index is 0.0744.